The van der Waals surface area contributed by atoms with Crippen molar-refractivity contribution in [2.24, 2.45) is 0 Å². The van der Waals surface area contributed by atoms with Gasteiger partial charge in [-0.25, -0.2) is 4.39 Å². The van der Waals surface area contributed by atoms with E-state index >= 15 is 0 Å². The zero-order valence-electron chi connectivity index (χ0n) is 18.5. The highest BCUT2D eigenvalue weighted by molar-refractivity contribution is 6.46. The molecule has 1 atom stereocenters. The maximum absolute atomic E-state index is 14.2. The number of hydrogen-bond acceptors (Lipinski definition) is 6. The molecule has 7 nitrogen and oxygen atoms in total. The molecule has 2 aliphatic rings. The lowest BCUT2D eigenvalue weighted by Gasteiger charge is -2.29. The van der Waals surface area contributed by atoms with E-state index in [4.69, 9.17) is 4.74 Å². The van der Waals surface area contributed by atoms with Gasteiger partial charge < -0.3 is 19.8 Å². The lowest BCUT2D eigenvalue weighted by atomic mass is 9.94. The van der Waals surface area contributed by atoms with Crippen LogP contribution in [-0.2, 0) is 14.3 Å². The molecule has 2 heterocycles. The van der Waals surface area contributed by atoms with E-state index in [2.05, 4.69) is 4.90 Å². The van der Waals surface area contributed by atoms with Crippen molar-refractivity contribution in [3.63, 3.8) is 0 Å². The van der Waals surface area contributed by atoms with Crippen LogP contribution in [0, 0.1) is 12.7 Å². The molecule has 2 aromatic carbocycles. The number of ketones is 1. The third kappa shape index (κ3) is 4.77. The highest BCUT2D eigenvalue weighted by Crippen LogP contribution is 2.40. The molecule has 2 N–H and O–H groups in total. The SMILES string of the molecule is Cc1ccc(/C(O)=C2\C(=O)C(=O)N(CCCN3CCOCC3)C2c2cccc(O)c2)cc1F. The number of aliphatic hydroxyl groups is 1. The number of morpholine rings is 1. The summed E-state index contributed by atoms with van der Waals surface area (Å²) >= 11 is 0. The van der Waals surface area contributed by atoms with E-state index in [1.807, 2.05) is 0 Å². The van der Waals surface area contributed by atoms with Gasteiger partial charge in [-0.1, -0.05) is 24.3 Å². The van der Waals surface area contributed by atoms with Gasteiger partial charge in [0.1, 0.15) is 17.3 Å². The Morgan fingerprint density at radius 2 is 1.88 bits per heavy atom. The Balaban J connectivity index is 1.69. The van der Waals surface area contributed by atoms with Crippen molar-refractivity contribution in [2.75, 3.05) is 39.4 Å². The Morgan fingerprint density at radius 3 is 2.58 bits per heavy atom. The number of carbonyl (C=O) groups is 2. The van der Waals surface area contributed by atoms with Gasteiger partial charge in [-0.2, -0.15) is 0 Å². The molecule has 0 spiro atoms. The molecular formula is C25H27FN2O5. The van der Waals surface area contributed by atoms with E-state index < -0.39 is 29.3 Å². The van der Waals surface area contributed by atoms with Crippen LogP contribution in [-0.4, -0.2) is 71.1 Å². The van der Waals surface area contributed by atoms with Gasteiger partial charge in [0.05, 0.1) is 24.8 Å². The van der Waals surface area contributed by atoms with Crippen molar-refractivity contribution < 1.29 is 28.9 Å². The molecule has 2 aliphatic heterocycles. The number of nitrogens with zero attached hydrogens (tertiary/aromatic N) is 2. The number of ether oxygens (including phenoxy) is 1. The lowest BCUT2D eigenvalue weighted by molar-refractivity contribution is -0.140. The highest BCUT2D eigenvalue weighted by atomic mass is 19.1. The highest BCUT2D eigenvalue weighted by Gasteiger charge is 2.46. The van der Waals surface area contributed by atoms with Crippen LogP contribution in [0.3, 0.4) is 0 Å². The fourth-order valence-corrected chi connectivity index (χ4v) is 4.34. The summed E-state index contributed by atoms with van der Waals surface area (Å²) in [5, 5.41) is 21.0. The molecule has 8 heteroatoms. The number of aliphatic hydroxyl groups excluding tert-OH is 1. The second-order valence-electron chi connectivity index (χ2n) is 8.36. The average molecular weight is 454 g/mol. The van der Waals surface area contributed by atoms with E-state index in [1.54, 1.807) is 19.1 Å². The Bertz CT molecular complexity index is 1090. The van der Waals surface area contributed by atoms with Crippen LogP contribution in [0.25, 0.3) is 5.76 Å². The molecule has 4 rings (SSSR count). The summed E-state index contributed by atoms with van der Waals surface area (Å²) in [5.74, 6) is -2.52. The van der Waals surface area contributed by atoms with Crippen LogP contribution in [0.4, 0.5) is 4.39 Å². The third-order valence-electron chi connectivity index (χ3n) is 6.15. The summed E-state index contributed by atoms with van der Waals surface area (Å²) in [6, 6.07) is 9.54. The van der Waals surface area contributed by atoms with E-state index in [1.165, 1.54) is 29.2 Å². The number of amides is 1. The molecule has 0 bridgehead atoms. The molecule has 0 aromatic heterocycles. The number of phenolic OH excluding ortho intramolecular Hbond substituents is 1. The van der Waals surface area contributed by atoms with Crippen molar-refractivity contribution in [1.82, 2.24) is 9.80 Å². The number of halogens is 1. The minimum Gasteiger partial charge on any atom is -0.508 e. The predicted octanol–water partition coefficient (Wildman–Crippen LogP) is 2.98. The van der Waals surface area contributed by atoms with Gasteiger partial charge in [0.15, 0.2) is 0 Å². The summed E-state index contributed by atoms with van der Waals surface area (Å²) in [4.78, 5) is 29.7. The zero-order chi connectivity index (χ0) is 23.5. The Morgan fingerprint density at radius 1 is 1.12 bits per heavy atom. The first-order valence-corrected chi connectivity index (χ1v) is 11.0. The number of aryl methyl sites for hydroxylation is 1. The number of rotatable bonds is 6. The standard InChI is InChI=1S/C25H27FN2O5/c1-16-6-7-18(15-20(16)26)23(30)21-22(17-4-2-5-19(29)14-17)28(25(32)24(21)31)9-3-8-27-10-12-33-13-11-27/h2,4-7,14-15,22,29-30H,3,8-13H2,1H3/b23-21+. The second-order valence-corrected chi connectivity index (χ2v) is 8.36. The number of likely N-dealkylation sites (tertiary alicyclic amines) is 1. The number of carbonyl (C=O) groups excluding carboxylic acids is 2. The summed E-state index contributed by atoms with van der Waals surface area (Å²) in [7, 11) is 0. The van der Waals surface area contributed by atoms with Gasteiger partial charge in [0.25, 0.3) is 11.7 Å². The second kappa shape index (κ2) is 9.72. The van der Waals surface area contributed by atoms with Gasteiger partial charge in [0, 0.05) is 31.7 Å². The van der Waals surface area contributed by atoms with Crippen LogP contribution in [0.1, 0.15) is 29.2 Å². The minimum absolute atomic E-state index is 0.0206. The predicted molar refractivity (Wildman–Crippen MR) is 120 cm³/mol. The minimum atomic E-state index is -0.883. The first-order chi connectivity index (χ1) is 15.9. The van der Waals surface area contributed by atoms with Crippen molar-refractivity contribution in [2.45, 2.75) is 19.4 Å². The van der Waals surface area contributed by atoms with Crippen molar-refractivity contribution in [3.05, 3.63) is 70.5 Å². The number of benzene rings is 2. The quantitative estimate of drug-likeness (QED) is 0.396. The Labute approximate surface area is 191 Å². The van der Waals surface area contributed by atoms with Crippen LogP contribution in [0.15, 0.2) is 48.0 Å². The zero-order valence-corrected chi connectivity index (χ0v) is 18.5. The van der Waals surface area contributed by atoms with Crippen LogP contribution >= 0.6 is 0 Å². The summed E-state index contributed by atoms with van der Waals surface area (Å²) in [6.45, 7) is 5.59. The van der Waals surface area contributed by atoms with E-state index in [0.717, 1.165) is 25.7 Å². The normalized spacial score (nSPS) is 21.0. The molecule has 2 saturated heterocycles. The summed E-state index contributed by atoms with van der Waals surface area (Å²) < 4.78 is 19.5. The maximum atomic E-state index is 14.2. The van der Waals surface area contributed by atoms with Crippen molar-refractivity contribution >= 4 is 17.4 Å². The van der Waals surface area contributed by atoms with E-state index in [0.29, 0.717) is 37.3 Å². The van der Waals surface area contributed by atoms with Crippen LogP contribution in [0.5, 0.6) is 5.75 Å². The van der Waals surface area contributed by atoms with Gasteiger partial charge in [0.2, 0.25) is 0 Å². The van der Waals surface area contributed by atoms with Gasteiger partial charge in [-0.05, 0) is 42.7 Å². The Kier molecular flexibility index (Phi) is 6.76. The molecule has 174 valence electrons. The molecule has 2 fully saturated rings. The molecule has 0 radical (unpaired) electrons. The van der Waals surface area contributed by atoms with Gasteiger partial charge in [-0.3, -0.25) is 14.5 Å². The van der Waals surface area contributed by atoms with E-state index in [9.17, 15) is 24.2 Å². The number of Topliss-reactive ketones (excluding diaryl/α,β-unsaturated/α-hetero) is 1. The molecule has 0 saturated carbocycles. The monoisotopic (exact) mass is 454 g/mol. The van der Waals surface area contributed by atoms with Crippen molar-refractivity contribution in [1.29, 1.82) is 0 Å². The third-order valence-corrected chi connectivity index (χ3v) is 6.15. The topological polar surface area (TPSA) is 90.3 Å². The maximum Gasteiger partial charge on any atom is 0.295 e. The van der Waals surface area contributed by atoms with Crippen LogP contribution < -0.4 is 0 Å². The smallest absolute Gasteiger partial charge is 0.295 e. The number of phenols is 1. The molecule has 2 aromatic rings. The first kappa shape index (κ1) is 22.9. The molecule has 1 amide bonds. The Hall–Kier alpha value is -3.23. The van der Waals surface area contributed by atoms with Gasteiger partial charge >= 0.3 is 0 Å². The fourth-order valence-electron chi connectivity index (χ4n) is 4.34. The van der Waals surface area contributed by atoms with Crippen molar-refractivity contribution in [3.8, 4) is 5.75 Å². The number of hydrogen-bond donors (Lipinski definition) is 2. The molecule has 0 aliphatic carbocycles. The van der Waals surface area contributed by atoms with Gasteiger partial charge in [-0.15, -0.1) is 0 Å². The lowest BCUT2D eigenvalue weighted by Crippen LogP contribution is -2.38. The average Bonchev–Trinajstić information content (AvgIpc) is 3.06. The number of aromatic hydroxyl groups is 1. The summed E-state index contributed by atoms with van der Waals surface area (Å²) in [6.07, 6.45) is 0.627. The first-order valence-electron chi connectivity index (χ1n) is 11.0. The largest absolute Gasteiger partial charge is 0.508 e. The van der Waals surface area contributed by atoms with Crippen LogP contribution in [0.2, 0.25) is 0 Å². The summed E-state index contributed by atoms with van der Waals surface area (Å²) in [5.41, 5.74) is 0.907. The molecular weight excluding hydrogens is 427 g/mol. The molecule has 1 unspecified atom stereocenters. The van der Waals surface area contributed by atoms with E-state index in [-0.39, 0.29) is 16.9 Å². The fraction of sp³-hybridized carbons (Fsp3) is 0.360. The molecule has 33 heavy (non-hydrogen) atoms.